The molecule has 6 nitrogen and oxygen atoms in total. The smallest absolute Gasteiger partial charge is 0.144 e. The topological polar surface area (TPSA) is 76.3 Å². The number of ether oxygens (including phenoxy) is 1. The molecule has 0 amide bonds. The third-order valence-corrected chi connectivity index (χ3v) is 6.88. The molecule has 1 aromatic heterocycles. The van der Waals surface area contributed by atoms with E-state index in [2.05, 4.69) is 27.2 Å². The van der Waals surface area contributed by atoms with Crippen LogP contribution >= 0.6 is 11.6 Å². The van der Waals surface area contributed by atoms with E-state index < -0.39 is 5.82 Å². The fourth-order valence-corrected chi connectivity index (χ4v) is 5.22. The van der Waals surface area contributed by atoms with Crippen molar-refractivity contribution in [3.05, 3.63) is 47.5 Å². The first kappa shape index (κ1) is 20.3. The minimum atomic E-state index is -0.469. The van der Waals surface area contributed by atoms with Crippen LogP contribution in [-0.4, -0.2) is 41.6 Å². The number of rotatable bonds is 5. The number of nitrogens with two attached hydrogens (primary N) is 1. The SMILES string of the molecule is CN1CC2CCC(COc3cc4ncnc(Nc5ccc(F)c(Cl)c5)c4cc3N)C2C1. The zero-order valence-electron chi connectivity index (χ0n) is 17.3. The largest absolute Gasteiger partial charge is 0.491 e. The fraction of sp³-hybridized carbons (Fsp3) is 0.391. The summed E-state index contributed by atoms with van der Waals surface area (Å²) in [5.41, 5.74) is 8.21. The molecule has 1 aliphatic heterocycles. The second-order valence-corrected chi connectivity index (χ2v) is 9.08. The van der Waals surface area contributed by atoms with Gasteiger partial charge in [0.1, 0.15) is 23.7 Å². The van der Waals surface area contributed by atoms with Gasteiger partial charge in [-0.1, -0.05) is 11.6 Å². The number of aromatic nitrogens is 2. The Labute approximate surface area is 185 Å². The highest BCUT2D eigenvalue weighted by atomic mass is 35.5. The zero-order chi connectivity index (χ0) is 21.5. The summed E-state index contributed by atoms with van der Waals surface area (Å²) >= 11 is 5.89. The molecule has 5 rings (SSSR count). The van der Waals surface area contributed by atoms with Crippen LogP contribution in [0.15, 0.2) is 36.7 Å². The first-order valence-corrected chi connectivity index (χ1v) is 10.9. The number of hydrogen-bond donors (Lipinski definition) is 2. The lowest BCUT2D eigenvalue weighted by molar-refractivity contribution is 0.207. The van der Waals surface area contributed by atoms with Crippen LogP contribution in [0.1, 0.15) is 12.8 Å². The van der Waals surface area contributed by atoms with E-state index in [9.17, 15) is 4.39 Å². The van der Waals surface area contributed by atoms with Gasteiger partial charge in [0.15, 0.2) is 0 Å². The molecule has 0 radical (unpaired) electrons. The number of benzene rings is 2. The van der Waals surface area contributed by atoms with Crippen molar-refractivity contribution in [2.24, 2.45) is 17.8 Å². The molecule has 0 bridgehead atoms. The van der Waals surface area contributed by atoms with E-state index in [0.29, 0.717) is 41.4 Å². The molecule has 3 aromatic rings. The quantitative estimate of drug-likeness (QED) is 0.558. The Kier molecular flexibility index (Phi) is 5.32. The molecule has 3 unspecified atom stereocenters. The van der Waals surface area contributed by atoms with E-state index in [4.69, 9.17) is 22.1 Å². The average Bonchev–Trinajstić information content (AvgIpc) is 3.29. The van der Waals surface area contributed by atoms with Crippen molar-refractivity contribution < 1.29 is 9.13 Å². The van der Waals surface area contributed by atoms with Crippen LogP contribution in [0.3, 0.4) is 0 Å². The van der Waals surface area contributed by atoms with Gasteiger partial charge < -0.3 is 20.7 Å². The van der Waals surface area contributed by atoms with Crippen molar-refractivity contribution >= 4 is 39.7 Å². The molecule has 3 atom stereocenters. The summed E-state index contributed by atoms with van der Waals surface area (Å²) in [6.07, 6.45) is 3.98. The summed E-state index contributed by atoms with van der Waals surface area (Å²) in [4.78, 5) is 11.1. The van der Waals surface area contributed by atoms with Crippen molar-refractivity contribution in [2.45, 2.75) is 12.8 Å². The summed E-state index contributed by atoms with van der Waals surface area (Å²) in [6, 6.07) is 8.11. The number of fused-ring (bicyclic) bond motifs is 2. The molecule has 2 aromatic carbocycles. The highest BCUT2D eigenvalue weighted by Gasteiger charge is 2.41. The molecule has 162 valence electrons. The van der Waals surface area contributed by atoms with Crippen LogP contribution in [0.4, 0.5) is 21.6 Å². The van der Waals surface area contributed by atoms with Crippen LogP contribution in [0.5, 0.6) is 5.75 Å². The lowest BCUT2D eigenvalue weighted by Gasteiger charge is -2.20. The Bertz CT molecular complexity index is 1130. The van der Waals surface area contributed by atoms with E-state index in [1.165, 1.54) is 37.8 Å². The van der Waals surface area contributed by atoms with E-state index in [1.54, 1.807) is 6.07 Å². The first-order valence-electron chi connectivity index (χ1n) is 10.6. The average molecular weight is 442 g/mol. The summed E-state index contributed by atoms with van der Waals surface area (Å²) in [6.45, 7) is 3.03. The van der Waals surface area contributed by atoms with Crippen molar-refractivity contribution in [2.75, 3.05) is 37.8 Å². The van der Waals surface area contributed by atoms with Gasteiger partial charge in [-0.3, -0.25) is 0 Å². The van der Waals surface area contributed by atoms with Gasteiger partial charge in [0.25, 0.3) is 0 Å². The molecule has 0 spiro atoms. The van der Waals surface area contributed by atoms with Crippen LogP contribution in [0.2, 0.25) is 5.02 Å². The maximum atomic E-state index is 13.4. The molecule has 1 aliphatic carbocycles. The Morgan fingerprint density at radius 2 is 2.10 bits per heavy atom. The summed E-state index contributed by atoms with van der Waals surface area (Å²) in [5, 5.41) is 3.96. The minimum absolute atomic E-state index is 0.0428. The van der Waals surface area contributed by atoms with Gasteiger partial charge in [-0.25, -0.2) is 14.4 Å². The lowest BCUT2D eigenvalue weighted by atomic mass is 9.93. The summed E-state index contributed by atoms with van der Waals surface area (Å²) in [7, 11) is 2.20. The van der Waals surface area contributed by atoms with E-state index in [1.807, 2.05) is 12.1 Å². The van der Waals surface area contributed by atoms with Gasteiger partial charge in [-0.05, 0) is 61.9 Å². The van der Waals surface area contributed by atoms with Gasteiger partial charge >= 0.3 is 0 Å². The number of halogens is 2. The Morgan fingerprint density at radius 3 is 2.94 bits per heavy atom. The monoisotopic (exact) mass is 441 g/mol. The Morgan fingerprint density at radius 1 is 1.23 bits per heavy atom. The van der Waals surface area contributed by atoms with Crippen molar-refractivity contribution in [3.8, 4) is 5.75 Å². The second kappa shape index (κ2) is 8.13. The standard InChI is InChI=1S/C23H25ClFN5O/c1-30-9-13-2-3-14(17(13)10-30)11-31-22-8-21-16(7-20(22)26)23(28-12-27-21)29-15-4-5-19(25)18(24)6-15/h4-8,12-14,17H,2-3,9-11,26H2,1H3,(H,27,28,29). The molecule has 1 saturated heterocycles. The van der Waals surface area contributed by atoms with Gasteiger partial charge in [-0.15, -0.1) is 0 Å². The van der Waals surface area contributed by atoms with Crippen molar-refractivity contribution in [1.29, 1.82) is 0 Å². The highest BCUT2D eigenvalue weighted by Crippen LogP contribution is 2.42. The predicted molar refractivity (Wildman–Crippen MR) is 121 cm³/mol. The maximum absolute atomic E-state index is 13.4. The lowest BCUT2D eigenvalue weighted by Crippen LogP contribution is -2.22. The van der Waals surface area contributed by atoms with E-state index in [-0.39, 0.29) is 5.02 Å². The minimum Gasteiger partial charge on any atom is -0.491 e. The number of nitrogens with zero attached hydrogens (tertiary/aromatic N) is 3. The van der Waals surface area contributed by atoms with E-state index in [0.717, 1.165) is 23.4 Å². The molecule has 31 heavy (non-hydrogen) atoms. The fourth-order valence-electron chi connectivity index (χ4n) is 5.04. The normalized spacial score (nSPS) is 23.3. The van der Waals surface area contributed by atoms with Gasteiger partial charge in [-0.2, -0.15) is 0 Å². The van der Waals surface area contributed by atoms with Crippen LogP contribution in [0, 0.1) is 23.6 Å². The van der Waals surface area contributed by atoms with E-state index >= 15 is 0 Å². The summed E-state index contributed by atoms with van der Waals surface area (Å²) in [5.74, 6) is 2.83. The molecular formula is C23H25ClFN5O. The summed E-state index contributed by atoms with van der Waals surface area (Å²) < 4.78 is 19.6. The zero-order valence-corrected chi connectivity index (χ0v) is 18.1. The number of likely N-dealkylation sites (tertiary alicyclic amines) is 1. The Balaban J connectivity index is 1.35. The maximum Gasteiger partial charge on any atom is 0.144 e. The number of nitrogens with one attached hydrogen (secondary N) is 1. The predicted octanol–water partition coefficient (Wildman–Crippen LogP) is 4.71. The Hall–Kier alpha value is -2.64. The molecule has 2 heterocycles. The number of anilines is 3. The molecule has 3 N–H and O–H groups in total. The van der Waals surface area contributed by atoms with Gasteiger partial charge in [0.2, 0.25) is 0 Å². The molecule has 2 fully saturated rings. The third kappa shape index (κ3) is 4.00. The van der Waals surface area contributed by atoms with Gasteiger partial charge in [0, 0.05) is 30.2 Å². The third-order valence-electron chi connectivity index (χ3n) is 6.59. The molecule has 1 saturated carbocycles. The van der Waals surface area contributed by atoms with Crippen molar-refractivity contribution in [1.82, 2.24) is 14.9 Å². The van der Waals surface area contributed by atoms with Gasteiger partial charge in [0.05, 0.1) is 22.8 Å². The van der Waals surface area contributed by atoms with Crippen LogP contribution in [-0.2, 0) is 0 Å². The van der Waals surface area contributed by atoms with Crippen molar-refractivity contribution in [3.63, 3.8) is 0 Å². The first-order chi connectivity index (χ1) is 15.0. The van der Waals surface area contributed by atoms with Crippen LogP contribution in [0.25, 0.3) is 10.9 Å². The molecule has 2 aliphatic rings. The molecule has 8 heteroatoms. The second-order valence-electron chi connectivity index (χ2n) is 8.68. The highest BCUT2D eigenvalue weighted by molar-refractivity contribution is 6.31. The van der Waals surface area contributed by atoms with Crippen LogP contribution < -0.4 is 15.8 Å². The number of hydrogen-bond acceptors (Lipinski definition) is 6. The molecular weight excluding hydrogens is 417 g/mol. The number of nitrogen functional groups attached to an aromatic ring is 1.